The Morgan fingerprint density at radius 1 is 1.45 bits per heavy atom. The largest absolute Gasteiger partial charge is 1.00 e. The Kier molecular flexibility index (Phi) is 8.49. The van der Waals surface area contributed by atoms with Gasteiger partial charge < -0.3 is 19.4 Å². The fraction of sp³-hybridized carbons (Fsp3) is 0.500. The maximum Gasteiger partial charge on any atom is 1.00 e. The molecule has 0 aromatic heterocycles. The predicted octanol–water partition coefficient (Wildman–Crippen LogP) is -2.95. The second-order valence-electron chi connectivity index (χ2n) is 1.56. The van der Waals surface area contributed by atoms with Gasteiger partial charge in [0.05, 0.1) is 0 Å². The number of methoxy groups -OCH3 is 2. The van der Waals surface area contributed by atoms with Crippen LogP contribution in [0.1, 0.15) is 0 Å². The van der Waals surface area contributed by atoms with Crippen LogP contribution in [-0.4, -0.2) is 31.6 Å². The van der Waals surface area contributed by atoms with Gasteiger partial charge in [-0.25, -0.2) is 0 Å². The van der Waals surface area contributed by atoms with Crippen molar-refractivity contribution < 1.29 is 48.9 Å². The Morgan fingerprint density at radius 3 is 1.91 bits per heavy atom. The summed E-state index contributed by atoms with van der Waals surface area (Å²) in [5.74, 6) is -1.23. The smallest absolute Gasteiger partial charge is 0.562 e. The van der Waals surface area contributed by atoms with Crippen LogP contribution >= 0.6 is 0 Å². The molecule has 0 heterocycles. The predicted molar refractivity (Wildman–Crippen MR) is 33.3 cm³/mol. The van der Waals surface area contributed by atoms with Crippen LogP contribution in [0.15, 0.2) is 5.57 Å². The molecule has 1 N–H and O–H groups in total. The third kappa shape index (κ3) is 4.55. The number of ether oxygens (including phenoxy) is 2. The van der Waals surface area contributed by atoms with Crippen molar-refractivity contribution >= 4 is 5.97 Å². The van der Waals surface area contributed by atoms with Crippen LogP contribution < -0.4 is 29.6 Å². The molecule has 0 radical (unpaired) electrons. The van der Waals surface area contributed by atoms with E-state index in [1.54, 1.807) is 0 Å². The van der Waals surface area contributed by atoms with Crippen molar-refractivity contribution in [3.05, 3.63) is 12.2 Å². The zero-order valence-corrected chi connectivity index (χ0v) is 8.83. The second kappa shape index (κ2) is 6.82. The van der Waals surface area contributed by atoms with Crippen molar-refractivity contribution in [3.63, 3.8) is 0 Å². The molecule has 0 aliphatic heterocycles. The molecule has 0 rings (SSSR count). The summed E-state index contributed by atoms with van der Waals surface area (Å²) in [4.78, 5) is 10.1. The van der Waals surface area contributed by atoms with E-state index in [1.165, 1.54) is 14.2 Å². The van der Waals surface area contributed by atoms with Crippen LogP contribution in [0.5, 0.6) is 0 Å². The first-order valence-electron chi connectivity index (χ1n) is 2.54. The van der Waals surface area contributed by atoms with E-state index >= 15 is 0 Å². The molecule has 0 spiro atoms. The SMILES string of the molecule is [CH-]=C(C(=O)O)C(OC)OC.[Na+]. The van der Waals surface area contributed by atoms with Crippen molar-refractivity contribution in [3.8, 4) is 0 Å². The summed E-state index contributed by atoms with van der Waals surface area (Å²) in [6.45, 7) is 5.05. The quantitative estimate of drug-likeness (QED) is 0.211. The molecular formula is C6H9NaO4. The molecule has 0 saturated carbocycles. The Labute approximate surface area is 87.5 Å². The molecule has 0 unspecified atom stereocenters. The summed E-state index contributed by atoms with van der Waals surface area (Å²) in [6.07, 6.45) is -0.961. The number of rotatable bonds is 4. The maximum absolute atomic E-state index is 10.1. The van der Waals surface area contributed by atoms with E-state index in [0.717, 1.165) is 0 Å². The number of carboxylic acid groups (broad SMARTS) is 1. The molecule has 0 saturated heterocycles. The molecule has 0 aliphatic rings. The monoisotopic (exact) mass is 168 g/mol. The Balaban J connectivity index is 0. The van der Waals surface area contributed by atoms with E-state index in [1.807, 2.05) is 0 Å². The molecule has 4 nitrogen and oxygen atoms in total. The first-order valence-corrected chi connectivity index (χ1v) is 2.54. The second-order valence-corrected chi connectivity index (χ2v) is 1.56. The van der Waals surface area contributed by atoms with Crippen molar-refractivity contribution in [1.82, 2.24) is 0 Å². The van der Waals surface area contributed by atoms with Gasteiger partial charge in [0.1, 0.15) is 0 Å². The standard InChI is InChI=1S/C6H9O4.Na/c1-4(5(7)8)6(9-2)10-3;/h1,6H,2-3H3,(H,7,8);/q-1;+1. The first-order chi connectivity index (χ1) is 4.63. The van der Waals surface area contributed by atoms with Gasteiger partial charge in [-0.15, -0.1) is 0 Å². The Bertz CT molecular complexity index is 142. The summed E-state index contributed by atoms with van der Waals surface area (Å²) < 4.78 is 9.11. The van der Waals surface area contributed by atoms with Crippen molar-refractivity contribution in [2.75, 3.05) is 14.2 Å². The summed E-state index contributed by atoms with van der Waals surface area (Å²) in [7, 11) is 2.62. The number of hydrogen-bond donors (Lipinski definition) is 1. The van der Waals surface area contributed by atoms with Crippen LogP contribution in [-0.2, 0) is 14.3 Å². The summed E-state index contributed by atoms with van der Waals surface area (Å²) in [6, 6.07) is 0. The summed E-state index contributed by atoms with van der Waals surface area (Å²) in [5.41, 5.74) is -0.356. The fourth-order valence-corrected chi connectivity index (χ4v) is 0.451. The Hall–Kier alpha value is 0.130. The molecule has 5 heteroatoms. The van der Waals surface area contributed by atoms with E-state index in [2.05, 4.69) is 9.47 Å². The minimum atomic E-state index is -1.23. The molecule has 0 fully saturated rings. The number of carbonyl (C=O) groups is 1. The molecule has 11 heavy (non-hydrogen) atoms. The summed E-state index contributed by atoms with van der Waals surface area (Å²) in [5, 5.41) is 8.29. The molecular weight excluding hydrogens is 159 g/mol. The van der Waals surface area contributed by atoms with Crippen LogP contribution in [0.3, 0.4) is 0 Å². The molecule has 0 bridgehead atoms. The number of carboxylic acids is 1. The fourth-order valence-electron chi connectivity index (χ4n) is 0.451. The molecule has 0 amide bonds. The van der Waals surface area contributed by atoms with E-state index in [9.17, 15) is 4.79 Å². The first kappa shape index (κ1) is 13.7. The van der Waals surface area contributed by atoms with E-state index in [0.29, 0.717) is 0 Å². The molecule has 0 aromatic carbocycles. The van der Waals surface area contributed by atoms with E-state index in [4.69, 9.17) is 11.7 Å². The molecule has 0 aliphatic carbocycles. The van der Waals surface area contributed by atoms with Gasteiger partial charge in [-0.2, -0.15) is 0 Å². The Morgan fingerprint density at radius 2 is 1.82 bits per heavy atom. The zero-order valence-electron chi connectivity index (χ0n) is 6.83. The van der Waals surface area contributed by atoms with Crippen molar-refractivity contribution in [2.24, 2.45) is 0 Å². The molecule has 0 aromatic rings. The summed E-state index contributed by atoms with van der Waals surface area (Å²) >= 11 is 0. The topological polar surface area (TPSA) is 55.8 Å². The van der Waals surface area contributed by atoms with E-state index in [-0.39, 0.29) is 35.1 Å². The minimum Gasteiger partial charge on any atom is -0.562 e. The zero-order chi connectivity index (χ0) is 8.15. The van der Waals surface area contributed by atoms with Gasteiger partial charge in [0.2, 0.25) is 0 Å². The van der Waals surface area contributed by atoms with Gasteiger partial charge >= 0.3 is 29.6 Å². The van der Waals surface area contributed by atoms with Gasteiger partial charge in [-0.3, -0.25) is 6.58 Å². The average Bonchev–Trinajstić information content (AvgIpc) is 1.90. The normalized spacial score (nSPS) is 9.00. The van der Waals surface area contributed by atoms with Crippen LogP contribution in [0.4, 0.5) is 0 Å². The van der Waals surface area contributed by atoms with Crippen LogP contribution in [0, 0.1) is 6.58 Å². The molecule has 0 atom stereocenters. The van der Waals surface area contributed by atoms with Gasteiger partial charge in [0.15, 0.2) is 12.3 Å². The van der Waals surface area contributed by atoms with Crippen LogP contribution in [0.2, 0.25) is 0 Å². The van der Waals surface area contributed by atoms with Gasteiger partial charge in [-0.05, 0) is 0 Å². The third-order valence-electron chi connectivity index (χ3n) is 0.929. The van der Waals surface area contributed by atoms with Crippen LogP contribution in [0.25, 0.3) is 0 Å². The van der Waals surface area contributed by atoms with E-state index < -0.39 is 12.3 Å². The van der Waals surface area contributed by atoms with Crippen molar-refractivity contribution in [2.45, 2.75) is 6.29 Å². The van der Waals surface area contributed by atoms with Crippen molar-refractivity contribution in [1.29, 1.82) is 0 Å². The van der Waals surface area contributed by atoms with Gasteiger partial charge in [0, 0.05) is 14.2 Å². The maximum atomic E-state index is 10.1. The molecule has 58 valence electrons. The number of hydrogen-bond acceptors (Lipinski definition) is 3. The number of aliphatic carboxylic acids is 1. The van der Waals surface area contributed by atoms with Gasteiger partial charge in [0.25, 0.3) is 0 Å². The minimum absolute atomic E-state index is 0. The third-order valence-corrected chi connectivity index (χ3v) is 0.929. The van der Waals surface area contributed by atoms with Gasteiger partial charge in [-0.1, -0.05) is 5.57 Å². The average molecular weight is 168 g/mol.